The van der Waals surface area contributed by atoms with Crippen molar-refractivity contribution in [3.05, 3.63) is 0 Å². The maximum atomic E-state index is 5.55. The monoisotopic (exact) mass is 174 g/mol. The normalized spacial score (nSPS) is 14.8. The fourth-order valence-electron chi connectivity index (χ4n) is 1.13. The van der Waals surface area contributed by atoms with Gasteiger partial charge < -0.3 is 16.2 Å². The molecule has 1 atom stereocenters. The summed E-state index contributed by atoms with van der Waals surface area (Å²) in [6.45, 7) is 8.31. The van der Waals surface area contributed by atoms with Crippen molar-refractivity contribution < 1.29 is 4.74 Å². The molecule has 74 valence electrons. The lowest BCUT2D eigenvalue weighted by molar-refractivity contribution is 0.0364. The topological polar surface area (TPSA) is 61.3 Å². The van der Waals surface area contributed by atoms with Crippen LogP contribution in [0.5, 0.6) is 0 Å². The molecule has 0 aliphatic heterocycles. The molecular formula is C9H22N2O. The predicted octanol–water partition coefficient (Wildman–Crippen LogP) is 0.725. The van der Waals surface area contributed by atoms with Gasteiger partial charge in [-0.05, 0) is 11.8 Å². The molecule has 0 radical (unpaired) electrons. The van der Waals surface area contributed by atoms with E-state index in [0.717, 1.165) is 6.42 Å². The van der Waals surface area contributed by atoms with Crippen LogP contribution >= 0.6 is 0 Å². The molecule has 0 aromatic carbocycles. The van der Waals surface area contributed by atoms with Crippen molar-refractivity contribution in [2.45, 2.75) is 33.3 Å². The van der Waals surface area contributed by atoms with Crippen LogP contribution in [-0.4, -0.2) is 25.8 Å². The summed E-state index contributed by atoms with van der Waals surface area (Å²) in [5.41, 5.74) is 11.2. The van der Waals surface area contributed by atoms with Crippen LogP contribution in [0.15, 0.2) is 0 Å². The Morgan fingerprint density at radius 1 is 1.25 bits per heavy atom. The number of rotatable bonds is 5. The molecule has 0 amide bonds. The van der Waals surface area contributed by atoms with Crippen LogP contribution in [0.2, 0.25) is 0 Å². The fraction of sp³-hybridized carbons (Fsp3) is 1.00. The van der Waals surface area contributed by atoms with Crippen LogP contribution in [-0.2, 0) is 4.74 Å². The largest absolute Gasteiger partial charge is 0.376 e. The second-order valence-electron chi connectivity index (χ2n) is 4.28. The summed E-state index contributed by atoms with van der Waals surface area (Å²) in [6, 6.07) is 0. The first-order valence-electron chi connectivity index (χ1n) is 4.51. The molecule has 1 unspecified atom stereocenters. The van der Waals surface area contributed by atoms with Crippen LogP contribution in [0, 0.1) is 5.41 Å². The maximum absolute atomic E-state index is 5.55. The van der Waals surface area contributed by atoms with Gasteiger partial charge in [0.1, 0.15) is 0 Å². The zero-order valence-electron chi connectivity index (χ0n) is 8.47. The molecule has 0 rings (SSSR count). The molecule has 0 bridgehead atoms. The minimum atomic E-state index is 0.161. The minimum absolute atomic E-state index is 0.161. The van der Waals surface area contributed by atoms with E-state index in [9.17, 15) is 0 Å². The van der Waals surface area contributed by atoms with Gasteiger partial charge in [0.2, 0.25) is 0 Å². The Hall–Kier alpha value is -0.120. The molecule has 0 aliphatic carbocycles. The Morgan fingerprint density at radius 2 is 1.83 bits per heavy atom. The number of hydrogen-bond donors (Lipinski definition) is 2. The summed E-state index contributed by atoms with van der Waals surface area (Å²) in [4.78, 5) is 0. The third-order valence-electron chi connectivity index (χ3n) is 1.57. The Bertz CT molecular complexity index is 110. The first-order valence-corrected chi connectivity index (χ1v) is 4.51. The van der Waals surface area contributed by atoms with E-state index in [4.69, 9.17) is 16.2 Å². The molecule has 4 N–H and O–H groups in total. The van der Waals surface area contributed by atoms with Gasteiger partial charge in [-0.2, -0.15) is 0 Å². The highest BCUT2D eigenvalue weighted by Crippen LogP contribution is 2.21. The molecule has 0 heterocycles. The summed E-state index contributed by atoms with van der Waals surface area (Å²) in [5, 5.41) is 0. The molecule has 3 nitrogen and oxygen atoms in total. The SMILES string of the molecule is CC(C)(C)CC(CN)OCCN. The first-order chi connectivity index (χ1) is 5.49. The van der Waals surface area contributed by atoms with Gasteiger partial charge in [0.05, 0.1) is 12.7 Å². The van der Waals surface area contributed by atoms with E-state index >= 15 is 0 Å². The van der Waals surface area contributed by atoms with Gasteiger partial charge in [-0.25, -0.2) is 0 Å². The Kier molecular flexibility index (Phi) is 5.46. The number of hydrogen-bond acceptors (Lipinski definition) is 3. The lowest BCUT2D eigenvalue weighted by atomic mass is 9.89. The van der Waals surface area contributed by atoms with Gasteiger partial charge in [0, 0.05) is 13.1 Å². The van der Waals surface area contributed by atoms with E-state index < -0.39 is 0 Å². The van der Waals surface area contributed by atoms with Crippen LogP contribution < -0.4 is 11.5 Å². The van der Waals surface area contributed by atoms with Gasteiger partial charge in [-0.15, -0.1) is 0 Å². The van der Waals surface area contributed by atoms with Crippen molar-refractivity contribution in [2.75, 3.05) is 19.7 Å². The Balaban J connectivity index is 3.67. The molecule has 0 spiro atoms. The van der Waals surface area contributed by atoms with Crippen molar-refractivity contribution in [3.8, 4) is 0 Å². The molecule has 0 aromatic heterocycles. The Morgan fingerprint density at radius 3 is 2.17 bits per heavy atom. The third-order valence-corrected chi connectivity index (χ3v) is 1.57. The molecular weight excluding hydrogens is 152 g/mol. The van der Waals surface area contributed by atoms with Crippen molar-refractivity contribution in [2.24, 2.45) is 16.9 Å². The van der Waals surface area contributed by atoms with Crippen LogP contribution in [0.1, 0.15) is 27.2 Å². The molecule has 0 aliphatic rings. The Labute approximate surface area is 75.5 Å². The molecule has 0 saturated carbocycles. The number of nitrogens with two attached hydrogens (primary N) is 2. The highest BCUT2D eigenvalue weighted by atomic mass is 16.5. The lowest BCUT2D eigenvalue weighted by Gasteiger charge is -2.24. The third kappa shape index (κ3) is 6.58. The molecule has 0 fully saturated rings. The zero-order valence-corrected chi connectivity index (χ0v) is 8.47. The van der Waals surface area contributed by atoms with Gasteiger partial charge in [0.25, 0.3) is 0 Å². The highest BCUT2D eigenvalue weighted by Gasteiger charge is 2.17. The summed E-state index contributed by atoms with van der Waals surface area (Å²) in [7, 11) is 0. The minimum Gasteiger partial charge on any atom is -0.376 e. The van der Waals surface area contributed by atoms with Crippen LogP contribution in [0.4, 0.5) is 0 Å². The molecule has 0 aromatic rings. The number of ether oxygens (including phenoxy) is 1. The van der Waals surface area contributed by atoms with Crippen molar-refractivity contribution in [1.29, 1.82) is 0 Å². The lowest BCUT2D eigenvalue weighted by Crippen LogP contribution is -2.30. The van der Waals surface area contributed by atoms with Gasteiger partial charge in [0.15, 0.2) is 0 Å². The van der Waals surface area contributed by atoms with Crippen molar-refractivity contribution in [1.82, 2.24) is 0 Å². The average Bonchev–Trinajstić information content (AvgIpc) is 1.95. The van der Waals surface area contributed by atoms with Crippen molar-refractivity contribution >= 4 is 0 Å². The van der Waals surface area contributed by atoms with E-state index in [-0.39, 0.29) is 11.5 Å². The molecule has 12 heavy (non-hydrogen) atoms. The summed E-state index contributed by atoms with van der Waals surface area (Å²) < 4.78 is 5.47. The van der Waals surface area contributed by atoms with Crippen LogP contribution in [0.25, 0.3) is 0 Å². The standard InChI is InChI=1S/C9H22N2O/c1-9(2,3)6-8(7-11)12-5-4-10/h8H,4-7,10-11H2,1-3H3. The summed E-state index contributed by atoms with van der Waals surface area (Å²) >= 11 is 0. The summed E-state index contributed by atoms with van der Waals surface area (Å²) in [6.07, 6.45) is 1.15. The molecule has 3 heteroatoms. The van der Waals surface area contributed by atoms with Crippen molar-refractivity contribution in [3.63, 3.8) is 0 Å². The van der Waals surface area contributed by atoms with Gasteiger partial charge in [-0.3, -0.25) is 0 Å². The van der Waals surface area contributed by atoms with E-state index in [0.29, 0.717) is 19.7 Å². The van der Waals surface area contributed by atoms with E-state index in [1.807, 2.05) is 0 Å². The quantitative estimate of drug-likeness (QED) is 0.646. The predicted molar refractivity (Wildman–Crippen MR) is 51.9 cm³/mol. The fourth-order valence-corrected chi connectivity index (χ4v) is 1.13. The second-order valence-corrected chi connectivity index (χ2v) is 4.28. The van der Waals surface area contributed by atoms with E-state index in [1.54, 1.807) is 0 Å². The summed E-state index contributed by atoms with van der Waals surface area (Å²) in [5.74, 6) is 0. The smallest absolute Gasteiger partial charge is 0.0702 e. The first kappa shape index (κ1) is 11.9. The highest BCUT2D eigenvalue weighted by molar-refractivity contribution is 4.69. The average molecular weight is 174 g/mol. The van der Waals surface area contributed by atoms with Gasteiger partial charge >= 0.3 is 0 Å². The van der Waals surface area contributed by atoms with Crippen LogP contribution in [0.3, 0.4) is 0 Å². The van der Waals surface area contributed by atoms with E-state index in [2.05, 4.69) is 20.8 Å². The zero-order chi connectivity index (χ0) is 9.61. The second kappa shape index (κ2) is 5.51. The van der Waals surface area contributed by atoms with E-state index in [1.165, 1.54) is 0 Å². The molecule has 0 saturated heterocycles. The van der Waals surface area contributed by atoms with Gasteiger partial charge in [-0.1, -0.05) is 20.8 Å². The maximum Gasteiger partial charge on any atom is 0.0702 e.